The Kier molecular flexibility index (Phi) is 4.88. The maximum atomic E-state index is 12.6. The molecule has 3 rings (SSSR count). The van der Waals surface area contributed by atoms with Crippen LogP contribution in [0.3, 0.4) is 0 Å². The summed E-state index contributed by atoms with van der Waals surface area (Å²) in [5.74, 6) is 0. The van der Waals surface area contributed by atoms with Crippen LogP contribution in [0.2, 0.25) is 0 Å². The van der Waals surface area contributed by atoms with E-state index in [-0.39, 0.29) is 18.7 Å². The lowest BCUT2D eigenvalue weighted by molar-refractivity contribution is 0.135. The number of nitrogens with one attached hydrogen (secondary N) is 1. The third-order valence-corrected chi connectivity index (χ3v) is 4.89. The first-order valence-electron chi connectivity index (χ1n) is 7.63. The molecule has 2 aromatic rings. The van der Waals surface area contributed by atoms with Crippen LogP contribution in [-0.2, 0) is 6.42 Å². The molecule has 4 nitrogen and oxygen atoms in total. The van der Waals surface area contributed by atoms with Gasteiger partial charge in [0.2, 0.25) is 0 Å². The zero-order chi connectivity index (χ0) is 16.2. The van der Waals surface area contributed by atoms with Crippen LogP contribution in [0.4, 0.5) is 10.5 Å². The van der Waals surface area contributed by atoms with E-state index in [2.05, 4.69) is 11.4 Å². The van der Waals surface area contributed by atoms with Gasteiger partial charge in [-0.1, -0.05) is 30.3 Å². The first-order valence-corrected chi connectivity index (χ1v) is 8.85. The number of carbonyl (C=O) groups is 1. The predicted octanol–water partition coefficient (Wildman–Crippen LogP) is 3.53. The molecule has 0 saturated carbocycles. The average Bonchev–Trinajstić information content (AvgIpc) is 2.60. The summed E-state index contributed by atoms with van der Waals surface area (Å²) in [5.41, 5.74) is 3.02. The van der Waals surface area contributed by atoms with Crippen molar-refractivity contribution in [3.05, 3.63) is 59.7 Å². The molecule has 0 spiro atoms. The number of fused-ring (bicyclic) bond motifs is 1. The number of nitrogens with zero attached hydrogens (tertiary/aromatic N) is 1. The van der Waals surface area contributed by atoms with Crippen molar-refractivity contribution < 1.29 is 9.90 Å². The molecular weight excluding hydrogens is 308 g/mol. The predicted molar refractivity (Wildman–Crippen MR) is 93.9 cm³/mol. The lowest BCUT2D eigenvalue weighted by atomic mass is 9.93. The Hall–Kier alpha value is -1.98. The van der Waals surface area contributed by atoms with Crippen molar-refractivity contribution in [1.82, 2.24) is 4.90 Å². The molecule has 0 saturated heterocycles. The molecule has 2 N–H and O–H groups in total. The van der Waals surface area contributed by atoms with Gasteiger partial charge in [0.15, 0.2) is 0 Å². The summed E-state index contributed by atoms with van der Waals surface area (Å²) in [6, 6.07) is 15.3. The Labute approximate surface area is 140 Å². The number of anilines is 1. The monoisotopic (exact) mass is 328 g/mol. The number of thioether (sulfide) groups is 1. The second kappa shape index (κ2) is 7.06. The van der Waals surface area contributed by atoms with Gasteiger partial charge in [-0.3, -0.25) is 0 Å². The first-order chi connectivity index (χ1) is 11.2. The number of hydrogen-bond donors (Lipinski definition) is 2. The van der Waals surface area contributed by atoms with Crippen molar-refractivity contribution in [2.24, 2.45) is 0 Å². The highest BCUT2D eigenvalue weighted by Gasteiger charge is 2.30. The van der Waals surface area contributed by atoms with E-state index in [1.807, 2.05) is 48.7 Å². The highest BCUT2D eigenvalue weighted by Crippen LogP contribution is 2.30. The van der Waals surface area contributed by atoms with Gasteiger partial charge >= 0.3 is 6.03 Å². The van der Waals surface area contributed by atoms with Gasteiger partial charge in [0.05, 0.1) is 12.6 Å². The van der Waals surface area contributed by atoms with Crippen LogP contribution in [0.5, 0.6) is 0 Å². The van der Waals surface area contributed by atoms with Crippen LogP contribution < -0.4 is 5.32 Å². The number of benzene rings is 2. The van der Waals surface area contributed by atoms with Crippen LogP contribution in [0.15, 0.2) is 53.4 Å². The molecule has 0 radical (unpaired) electrons. The molecule has 1 aliphatic rings. The molecule has 0 aliphatic carbocycles. The molecule has 0 aromatic heterocycles. The number of urea groups is 1. The summed E-state index contributed by atoms with van der Waals surface area (Å²) >= 11 is 1.64. The zero-order valence-electron chi connectivity index (χ0n) is 13.0. The Bertz CT molecular complexity index is 705. The minimum atomic E-state index is -0.288. The molecule has 120 valence electrons. The molecule has 5 heteroatoms. The van der Waals surface area contributed by atoms with E-state index in [9.17, 15) is 9.90 Å². The maximum absolute atomic E-state index is 12.6. The maximum Gasteiger partial charge on any atom is 0.322 e. The summed E-state index contributed by atoms with van der Waals surface area (Å²) in [4.78, 5) is 15.5. The van der Waals surface area contributed by atoms with Crippen molar-refractivity contribution in [3.63, 3.8) is 0 Å². The van der Waals surface area contributed by atoms with Gasteiger partial charge in [-0.2, -0.15) is 0 Å². The fourth-order valence-corrected chi connectivity index (χ4v) is 3.45. The van der Waals surface area contributed by atoms with Crippen molar-refractivity contribution in [2.75, 3.05) is 24.7 Å². The molecule has 0 bridgehead atoms. The topological polar surface area (TPSA) is 52.6 Å². The molecular formula is C18H20N2O2S. The van der Waals surface area contributed by atoms with Crippen LogP contribution >= 0.6 is 11.8 Å². The quantitative estimate of drug-likeness (QED) is 0.848. The second-order valence-electron chi connectivity index (χ2n) is 5.50. The largest absolute Gasteiger partial charge is 0.394 e. The van der Waals surface area contributed by atoms with Crippen molar-refractivity contribution in [3.8, 4) is 0 Å². The second-order valence-corrected chi connectivity index (χ2v) is 6.38. The van der Waals surface area contributed by atoms with E-state index in [1.54, 1.807) is 16.7 Å². The summed E-state index contributed by atoms with van der Waals surface area (Å²) in [5, 5.41) is 12.7. The molecule has 2 amide bonds. The van der Waals surface area contributed by atoms with Crippen molar-refractivity contribution in [1.29, 1.82) is 0 Å². The van der Waals surface area contributed by atoms with E-state index >= 15 is 0 Å². The van der Waals surface area contributed by atoms with Gasteiger partial charge in [-0.25, -0.2) is 4.79 Å². The van der Waals surface area contributed by atoms with Crippen LogP contribution in [-0.4, -0.2) is 35.4 Å². The van der Waals surface area contributed by atoms with Crippen molar-refractivity contribution >= 4 is 23.5 Å². The summed E-state index contributed by atoms with van der Waals surface area (Å²) < 4.78 is 0. The normalized spacial score (nSPS) is 16.8. The first kappa shape index (κ1) is 15.9. The highest BCUT2D eigenvalue weighted by molar-refractivity contribution is 7.98. The van der Waals surface area contributed by atoms with Crippen LogP contribution in [0, 0.1) is 0 Å². The molecule has 1 unspecified atom stereocenters. The van der Waals surface area contributed by atoms with Crippen LogP contribution in [0.25, 0.3) is 0 Å². The lowest BCUT2D eigenvalue weighted by Crippen LogP contribution is -2.43. The molecule has 23 heavy (non-hydrogen) atoms. The molecule has 1 atom stereocenters. The standard InChI is InChI=1S/C18H20N2O2S/c1-23-15-7-4-6-14(11-15)19-18(22)20-10-9-13-5-2-3-8-16(13)17(20)12-21/h2-8,11,17,21H,9-10,12H2,1H3,(H,19,22). The van der Waals surface area contributed by atoms with Gasteiger partial charge in [-0.05, 0) is 42.0 Å². The summed E-state index contributed by atoms with van der Waals surface area (Å²) in [6.45, 7) is 0.533. The van der Waals surface area contributed by atoms with Gasteiger partial charge in [0.25, 0.3) is 0 Å². The van der Waals surface area contributed by atoms with Gasteiger partial charge < -0.3 is 15.3 Å². The Morgan fingerprint density at radius 2 is 2.13 bits per heavy atom. The lowest BCUT2D eigenvalue weighted by Gasteiger charge is -2.36. The average molecular weight is 328 g/mol. The zero-order valence-corrected chi connectivity index (χ0v) is 13.8. The molecule has 1 heterocycles. The van der Waals surface area contributed by atoms with Gasteiger partial charge in [0.1, 0.15) is 0 Å². The fourth-order valence-electron chi connectivity index (χ4n) is 2.99. The van der Waals surface area contributed by atoms with E-state index in [0.29, 0.717) is 6.54 Å². The Morgan fingerprint density at radius 3 is 2.91 bits per heavy atom. The Morgan fingerprint density at radius 1 is 1.30 bits per heavy atom. The number of aliphatic hydroxyl groups is 1. The molecule has 1 aliphatic heterocycles. The number of hydrogen-bond acceptors (Lipinski definition) is 3. The third kappa shape index (κ3) is 3.35. The minimum absolute atomic E-state index is 0.0741. The molecule has 2 aromatic carbocycles. The minimum Gasteiger partial charge on any atom is -0.394 e. The number of rotatable bonds is 3. The number of carbonyl (C=O) groups excluding carboxylic acids is 1. The van der Waals surface area contributed by atoms with E-state index in [0.717, 1.165) is 22.6 Å². The van der Waals surface area contributed by atoms with Gasteiger partial charge in [-0.15, -0.1) is 11.8 Å². The van der Waals surface area contributed by atoms with Crippen molar-refractivity contribution in [2.45, 2.75) is 17.4 Å². The number of aliphatic hydroxyl groups excluding tert-OH is 1. The smallest absolute Gasteiger partial charge is 0.322 e. The van der Waals surface area contributed by atoms with E-state index < -0.39 is 0 Å². The van der Waals surface area contributed by atoms with Crippen LogP contribution in [0.1, 0.15) is 17.2 Å². The summed E-state index contributed by atoms with van der Waals surface area (Å²) in [7, 11) is 0. The third-order valence-electron chi connectivity index (χ3n) is 4.17. The van der Waals surface area contributed by atoms with Gasteiger partial charge in [0, 0.05) is 17.1 Å². The number of amides is 2. The summed E-state index contributed by atoms with van der Waals surface area (Å²) in [6.07, 6.45) is 2.81. The SMILES string of the molecule is CSc1cccc(NC(=O)N2CCc3ccccc3C2CO)c1. The highest BCUT2D eigenvalue weighted by atomic mass is 32.2. The molecule has 0 fully saturated rings. The fraction of sp³-hybridized carbons (Fsp3) is 0.278. The Balaban J connectivity index is 1.79. The van der Waals surface area contributed by atoms with E-state index in [4.69, 9.17) is 0 Å². The van der Waals surface area contributed by atoms with E-state index in [1.165, 1.54) is 5.56 Å².